The molecule has 0 fully saturated rings. The van der Waals surface area contributed by atoms with E-state index in [1.807, 2.05) is 45.9 Å². The number of hydrogen-bond acceptors (Lipinski definition) is 4. The second kappa shape index (κ2) is 13.0. The predicted octanol–water partition coefficient (Wildman–Crippen LogP) is 8.03. The third kappa shape index (κ3) is 7.00. The molecule has 214 valence electrons. The molecule has 0 amide bonds. The number of alkyl halides is 3. The Morgan fingerprint density at radius 1 is 1.05 bits per heavy atom. The molecule has 1 N–H and O–H groups in total. The monoisotopic (exact) mass is 558 g/mol. The fraction of sp³-hybridized carbons (Fsp3) is 0.355. The standard InChI is InChI=1S/C29H28F4N2O3.C2H6/c1-4-38-23-11-12-25(30)24(15-23)21-8-7-20(17(2)13-21)14-19-5-9-22(10-6-19)35-26(16-27(36)37)18(3)28(34-35)29(31,32)33;1-2/h5-13,15,18,26H,4,14,16H2,1-3H3,(H,36,37);1-2H3/t18?,26-;/m0./s1. The summed E-state index contributed by atoms with van der Waals surface area (Å²) in [7, 11) is 0. The van der Waals surface area contributed by atoms with E-state index in [4.69, 9.17) is 4.74 Å². The summed E-state index contributed by atoms with van der Waals surface area (Å²) in [6.07, 6.45) is -4.55. The van der Waals surface area contributed by atoms with Crippen LogP contribution in [0.15, 0.2) is 65.8 Å². The van der Waals surface area contributed by atoms with Gasteiger partial charge in [-0.25, -0.2) is 4.39 Å². The lowest BCUT2D eigenvalue weighted by molar-refractivity contribution is -0.137. The first-order valence-electron chi connectivity index (χ1n) is 13.3. The number of hydrazone groups is 1. The SMILES string of the molecule is CC.CCOc1ccc(F)c(-c2ccc(Cc3ccc(N4N=C(C(F)(F)F)C(C)[C@@H]4CC(=O)O)cc3)c(C)c2)c1. The van der Waals surface area contributed by atoms with Gasteiger partial charge in [-0.1, -0.05) is 51.1 Å². The van der Waals surface area contributed by atoms with E-state index in [9.17, 15) is 27.5 Å². The average Bonchev–Trinajstić information content (AvgIpc) is 3.24. The van der Waals surface area contributed by atoms with Crippen molar-refractivity contribution in [3.63, 3.8) is 0 Å². The molecule has 1 heterocycles. The molecule has 0 radical (unpaired) electrons. The molecule has 5 nitrogen and oxygen atoms in total. The van der Waals surface area contributed by atoms with Gasteiger partial charge in [-0.15, -0.1) is 0 Å². The summed E-state index contributed by atoms with van der Waals surface area (Å²) in [5, 5.41) is 14.2. The highest BCUT2D eigenvalue weighted by Gasteiger charge is 2.48. The van der Waals surface area contributed by atoms with Crippen LogP contribution in [0.3, 0.4) is 0 Å². The Hall–Kier alpha value is -3.88. The fourth-order valence-electron chi connectivity index (χ4n) is 4.71. The van der Waals surface area contributed by atoms with E-state index in [2.05, 4.69) is 5.10 Å². The van der Waals surface area contributed by atoms with E-state index >= 15 is 0 Å². The maximum atomic E-state index is 14.5. The molecule has 0 saturated carbocycles. The molecule has 1 aliphatic rings. The second-order valence-corrected chi connectivity index (χ2v) is 9.34. The van der Waals surface area contributed by atoms with Crippen LogP contribution >= 0.6 is 0 Å². The Kier molecular flexibility index (Phi) is 9.95. The van der Waals surface area contributed by atoms with E-state index in [1.165, 1.54) is 13.0 Å². The largest absolute Gasteiger partial charge is 0.494 e. The number of carboxylic acids is 1. The second-order valence-electron chi connectivity index (χ2n) is 9.34. The third-order valence-electron chi connectivity index (χ3n) is 6.71. The van der Waals surface area contributed by atoms with Crippen molar-refractivity contribution in [3.05, 3.63) is 83.2 Å². The summed E-state index contributed by atoms with van der Waals surface area (Å²) in [4.78, 5) is 11.3. The van der Waals surface area contributed by atoms with Crippen molar-refractivity contribution in [2.45, 2.75) is 59.7 Å². The number of halogens is 4. The molecule has 1 aliphatic heterocycles. The Balaban J connectivity index is 0.00000216. The summed E-state index contributed by atoms with van der Waals surface area (Å²) >= 11 is 0. The molecule has 2 atom stereocenters. The van der Waals surface area contributed by atoms with E-state index in [1.54, 1.807) is 36.4 Å². The molecular formula is C31H34F4N2O3. The molecule has 3 aromatic rings. The van der Waals surface area contributed by atoms with Gasteiger partial charge in [0.15, 0.2) is 0 Å². The van der Waals surface area contributed by atoms with Gasteiger partial charge in [0.25, 0.3) is 0 Å². The lowest BCUT2D eigenvalue weighted by Crippen LogP contribution is -2.36. The number of aliphatic carboxylic acids is 1. The van der Waals surface area contributed by atoms with Crippen molar-refractivity contribution < 1.29 is 32.2 Å². The molecule has 0 aliphatic carbocycles. The maximum Gasteiger partial charge on any atom is 0.431 e. The molecule has 4 rings (SSSR count). The predicted molar refractivity (Wildman–Crippen MR) is 150 cm³/mol. The summed E-state index contributed by atoms with van der Waals surface area (Å²) in [6.45, 7) is 9.63. The molecule has 0 bridgehead atoms. The minimum Gasteiger partial charge on any atom is -0.494 e. The lowest BCUT2D eigenvalue weighted by atomic mass is 9.94. The van der Waals surface area contributed by atoms with Crippen LogP contribution in [-0.2, 0) is 11.2 Å². The van der Waals surface area contributed by atoms with Gasteiger partial charge in [0.1, 0.15) is 17.3 Å². The third-order valence-corrected chi connectivity index (χ3v) is 6.71. The number of nitrogens with zero attached hydrogens (tertiary/aromatic N) is 2. The van der Waals surface area contributed by atoms with Crippen molar-refractivity contribution in [1.29, 1.82) is 0 Å². The Bertz CT molecular complexity index is 1350. The van der Waals surface area contributed by atoms with Crippen LogP contribution < -0.4 is 9.75 Å². The molecule has 1 unspecified atom stereocenters. The van der Waals surface area contributed by atoms with E-state index in [0.717, 1.165) is 27.3 Å². The van der Waals surface area contributed by atoms with Crippen LogP contribution in [0, 0.1) is 18.7 Å². The van der Waals surface area contributed by atoms with Crippen LogP contribution in [0.1, 0.15) is 50.8 Å². The van der Waals surface area contributed by atoms with Crippen LogP contribution in [0.25, 0.3) is 11.1 Å². The van der Waals surface area contributed by atoms with Crippen LogP contribution in [0.2, 0.25) is 0 Å². The van der Waals surface area contributed by atoms with Gasteiger partial charge in [0.2, 0.25) is 0 Å². The molecule has 0 saturated heterocycles. The van der Waals surface area contributed by atoms with Crippen LogP contribution in [-0.4, -0.2) is 35.6 Å². The highest BCUT2D eigenvalue weighted by atomic mass is 19.4. The first kappa shape index (κ1) is 30.7. The first-order chi connectivity index (χ1) is 19.0. The molecule has 3 aromatic carbocycles. The number of carboxylic acid groups (broad SMARTS) is 1. The zero-order valence-corrected chi connectivity index (χ0v) is 23.2. The van der Waals surface area contributed by atoms with Gasteiger partial charge in [0, 0.05) is 11.5 Å². The topological polar surface area (TPSA) is 62.1 Å². The molecule has 0 aromatic heterocycles. The van der Waals surface area contributed by atoms with Gasteiger partial charge in [-0.2, -0.15) is 18.3 Å². The molecule has 9 heteroatoms. The highest BCUT2D eigenvalue weighted by molar-refractivity contribution is 5.96. The van der Waals surface area contributed by atoms with E-state index < -0.39 is 36.2 Å². The van der Waals surface area contributed by atoms with Gasteiger partial charge in [-0.05, 0) is 72.9 Å². The van der Waals surface area contributed by atoms with Crippen LogP contribution in [0.4, 0.5) is 23.2 Å². The first-order valence-corrected chi connectivity index (χ1v) is 13.3. The van der Waals surface area contributed by atoms with Crippen LogP contribution in [0.5, 0.6) is 5.75 Å². The van der Waals surface area contributed by atoms with Gasteiger partial charge >= 0.3 is 12.1 Å². The molecule has 40 heavy (non-hydrogen) atoms. The number of rotatable bonds is 8. The number of aryl methyl sites for hydroxylation is 1. The van der Waals surface area contributed by atoms with Gasteiger partial charge in [-0.3, -0.25) is 9.80 Å². The quantitative estimate of drug-likeness (QED) is 0.284. The molecule has 0 spiro atoms. The zero-order valence-electron chi connectivity index (χ0n) is 23.2. The maximum absolute atomic E-state index is 14.5. The summed E-state index contributed by atoms with van der Waals surface area (Å²) < 4.78 is 60.3. The number of hydrogen-bond donors (Lipinski definition) is 1. The van der Waals surface area contributed by atoms with E-state index in [-0.39, 0.29) is 5.82 Å². The Morgan fingerprint density at radius 2 is 1.73 bits per heavy atom. The summed E-state index contributed by atoms with van der Waals surface area (Å²) in [5.74, 6) is -2.02. The van der Waals surface area contributed by atoms with E-state index in [0.29, 0.717) is 30.0 Å². The van der Waals surface area contributed by atoms with Gasteiger partial charge < -0.3 is 9.84 Å². The van der Waals surface area contributed by atoms with Crippen molar-refractivity contribution in [2.24, 2.45) is 11.0 Å². The van der Waals surface area contributed by atoms with Crippen molar-refractivity contribution in [2.75, 3.05) is 11.6 Å². The lowest BCUT2D eigenvalue weighted by Gasteiger charge is -2.25. The number of ether oxygens (including phenoxy) is 1. The van der Waals surface area contributed by atoms with Crippen molar-refractivity contribution in [1.82, 2.24) is 0 Å². The van der Waals surface area contributed by atoms with Crippen molar-refractivity contribution in [3.8, 4) is 16.9 Å². The number of benzene rings is 3. The average molecular weight is 559 g/mol. The Labute approximate surface area is 232 Å². The normalized spacial score (nSPS) is 16.7. The minimum atomic E-state index is -4.64. The zero-order chi connectivity index (χ0) is 29.6. The summed E-state index contributed by atoms with van der Waals surface area (Å²) in [5.41, 5.74) is 3.47. The number of carbonyl (C=O) groups is 1. The fourth-order valence-corrected chi connectivity index (χ4v) is 4.71. The van der Waals surface area contributed by atoms with Gasteiger partial charge in [0.05, 0.1) is 24.8 Å². The Morgan fingerprint density at radius 3 is 2.30 bits per heavy atom. The smallest absolute Gasteiger partial charge is 0.431 e. The molecular weight excluding hydrogens is 524 g/mol. The summed E-state index contributed by atoms with van der Waals surface area (Å²) in [6, 6.07) is 16.3. The minimum absolute atomic E-state index is 0.343. The van der Waals surface area contributed by atoms with Crippen molar-refractivity contribution >= 4 is 17.4 Å². The highest BCUT2D eigenvalue weighted by Crippen LogP contribution is 2.36. The number of anilines is 1.